The van der Waals surface area contributed by atoms with E-state index in [0.717, 1.165) is 26.1 Å². The number of aliphatic hydroxyl groups is 2. The van der Waals surface area contributed by atoms with Crippen molar-refractivity contribution < 1.29 is 10.2 Å². The predicted molar refractivity (Wildman–Crippen MR) is 50.8 cm³/mol. The minimum atomic E-state index is 0.203. The van der Waals surface area contributed by atoms with Gasteiger partial charge in [0, 0.05) is 32.1 Å². The topological polar surface area (TPSA) is 46.9 Å². The fourth-order valence-corrected chi connectivity index (χ4v) is 1.36. The third-order valence-electron chi connectivity index (χ3n) is 2.09. The molecule has 0 aromatic carbocycles. The van der Waals surface area contributed by atoms with Crippen LogP contribution >= 0.6 is 0 Å². The Morgan fingerprint density at radius 1 is 0.923 bits per heavy atom. The molecule has 0 atom stereocenters. The lowest BCUT2D eigenvalue weighted by Gasteiger charge is -2.20. The number of unbranched alkanes of at least 4 members (excludes halogenated alkanes) is 1. The third-order valence-corrected chi connectivity index (χ3v) is 2.09. The minimum absolute atomic E-state index is 0.203. The van der Waals surface area contributed by atoms with Gasteiger partial charge in [-0.25, -0.2) is 0 Å². The summed E-state index contributed by atoms with van der Waals surface area (Å²) in [7, 11) is 0. The van der Waals surface area contributed by atoms with Gasteiger partial charge in [0.15, 0.2) is 0 Å². The van der Waals surface area contributed by atoms with E-state index >= 15 is 0 Å². The lowest BCUT2D eigenvalue weighted by atomic mass is 10.3. The molecule has 0 unspecified atom stereocenters. The van der Waals surface area contributed by atoms with Gasteiger partial charge in [0.2, 0.25) is 0 Å². The summed E-state index contributed by atoms with van der Waals surface area (Å²) in [4.78, 5) is 4.25. The van der Waals surface area contributed by atoms with Gasteiger partial charge in [0.25, 0.3) is 0 Å². The molecule has 4 nitrogen and oxygen atoms in total. The van der Waals surface area contributed by atoms with Crippen molar-refractivity contribution in [2.24, 2.45) is 0 Å². The first-order valence-corrected chi connectivity index (χ1v) is 4.75. The maximum Gasteiger partial charge on any atom is 0.0894 e. The molecule has 0 aromatic rings. The normalized spacial score (nSPS) is 15.8. The van der Waals surface area contributed by atoms with Gasteiger partial charge < -0.3 is 20.0 Å². The molecular weight excluding hydrogens is 168 g/mol. The fraction of sp³-hybridized carbons (Fsp3) is 0.778. The number of β-amino-alcohol motifs (C(OH)–C–C–N with tert-alkyl or cyclic N) is 1. The Hall–Kier alpha value is -0.740. The second-order valence-electron chi connectivity index (χ2n) is 3.22. The maximum absolute atomic E-state index is 8.70. The highest BCUT2D eigenvalue weighted by Crippen LogP contribution is 2.06. The van der Waals surface area contributed by atoms with E-state index in [0.29, 0.717) is 6.54 Å². The molecule has 1 aliphatic rings. The van der Waals surface area contributed by atoms with Crippen LogP contribution in [0.3, 0.4) is 0 Å². The highest BCUT2D eigenvalue weighted by molar-refractivity contribution is 4.90. The number of rotatable bonds is 6. The quantitative estimate of drug-likeness (QED) is 0.564. The molecule has 0 aromatic heterocycles. The predicted octanol–water partition coefficient (Wildman–Crippen LogP) is -0.203. The van der Waals surface area contributed by atoms with Gasteiger partial charge in [0.05, 0.1) is 13.3 Å². The Kier molecular flexibility index (Phi) is 4.64. The molecule has 1 rings (SSSR count). The van der Waals surface area contributed by atoms with E-state index in [9.17, 15) is 0 Å². The van der Waals surface area contributed by atoms with Crippen molar-refractivity contribution in [1.29, 1.82) is 0 Å². The first kappa shape index (κ1) is 10.3. The van der Waals surface area contributed by atoms with Crippen molar-refractivity contribution >= 4 is 0 Å². The third kappa shape index (κ3) is 3.65. The van der Waals surface area contributed by atoms with Crippen molar-refractivity contribution in [2.45, 2.75) is 12.8 Å². The second-order valence-corrected chi connectivity index (χ2v) is 3.22. The van der Waals surface area contributed by atoms with Crippen LogP contribution in [0.25, 0.3) is 0 Å². The van der Waals surface area contributed by atoms with Gasteiger partial charge in [-0.05, 0) is 12.8 Å². The zero-order chi connectivity index (χ0) is 9.52. The molecule has 0 saturated carbocycles. The Morgan fingerprint density at radius 3 is 2.23 bits per heavy atom. The van der Waals surface area contributed by atoms with Crippen LogP contribution in [0.5, 0.6) is 0 Å². The summed E-state index contributed by atoms with van der Waals surface area (Å²) in [6, 6.07) is 0. The molecule has 0 saturated heterocycles. The van der Waals surface area contributed by atoms with Crippen LogP contribution in [-0.4, -0.2) is 53.0 Å². The monoisotopic (exact) mass is 186 g/mol. The maximum atomic E-state index is 8.70. The smallest absolute Gasteiger partial charge is 0.0894 e. The van der Waals surface area contributed by atoms with Gasteiger partial charge in [-0.15, -0.1) is 0 Å². The SMILES string of the molecule is OCCCCN1C=CN(CCO)C1. The summed E-state index contributed by atoms with van der Waals surface area (Å²) in [5.41, 5.74) is 0. The Balaban J connectivity index is 2.08. The molecule has 0 fully saturated rings. The van der Waals surface area contributed by atoms with Crippen molar-refractivity contribution in [1.82, 2.24) is 9.80 Å². The lowest BCUT2D eigenvalue weighted by Crippen LogP contribution is -2.28. The van der Waals surface area contributed by atoms with Gasteiger partial charge >= 0.3 is 0 Å². The van der Waals surface area contributed by atoms with Crippen LogP contribution in [0.15, 0.2) is 12.4 Å². The van der Waals surface area contributed by atoms with E-state index in [4.69, 9.17) is 10.2 Å². The van der Waals surface area contributed by atoms with E-state index in [2.05, 4.69) is 9.80 Å². The van der Waals surface area contributed by atoms with Crippen LogP contribution in [0.4, 0.5) is 0 Å². The standard InChI is InChI=1S/C9H18N2O2/c12-7-2-1-3-10-4-5-11(9-10)6-8-13/h4-5,12-13H,1-3,6-9H2. The first-order valence-electron chi connectivity index (χ1n) is 4.75. The van der Waals surface area contributed by atoms with E-state index < -0.39 is 0 Å². The first-order chi connectivity index (χ1) is 6.36. The Morgan fingerprint density at radius 2 is 1.62 bits per heavy atom. The molecule has 0 aliphatic carbocycles. The highest BCUT2D eigenvalue weighted by Gasteiger charge is 2.09. The van der Waals surface area contributed by atoms with E-state index in [1.54, 1.807) is 0 Å². The largest absolute Gasteiger partial charge is 0.396 e. The zero-order valence-electron chi connectivity index (χ0n) is 7.89. The van der Waals surface area contributed by atoms with Crippen LogP contribution < -0.4 is 0 Å². The van der Waals surface area contributed by atoms with Crippen LogP contribution in [0, 0.1) is 0 Å². The highest BCUT2D eigenvalue weighted by atomic mass is 16.3. The molecule has 76 valence electrons. The van der Waals surface area contributed by atoms with Gasteiger partial charge in [-0.1, -0.05) is 0 Å². The number of aliphatic hydroxyl groups excluding tert-OH is 2. The zero-order valence-corrected chi connectivity index (χ0v) is 7.89. The molecule has 4 heteroatoms. The van der Waals surface area contributed by atoms with Crippen molar-refractivity contribution in [3.05, 3.63) is 12.4 Å². The summed E-state index contributed by atoms with van der Waals surface area (Å²) in [5, 5.41) is 17.3. The minimum Gasteiger partial charge on any atom is -0.396 e. The number of hydrogen-bond donors (Lipinski definition) is 2. The lowest BCUT2D eigenvalue weighted by molar-refractivity contribution is 0.201. The van der Waals surface area contributed by atoms with Crippen molar-refractivity contribution in [3.63, 3.8) is 0 Å². The molecule has 0 radical (unpaired) electrons. The summed E-state index contributed by atoms with van der Waals surface area (Å²) in [5.74, 6) is 0. The van der Waals surface area contributed by atoms with E-state index in [-0.39, 0.29) is 13.2 Å². The van der Waals surface area contributed by atoms with E-state index in [1.807, 2.05) is 12.4 Å². The molecular formula is C9H18N2O2. The van der Waals surface area contributed by atoms with Crippen molar-refractivity contribution in [2.75, 3.05) is 33.0 Å². The van der Waals surface area contributed by atoms with Crippen LogP contribution in [0.1, 0.15) is 12.8 Å². The second kappa shape index (κ2) is 5.83. The molecule has 2 N–H and O–H groups in total. The average Bonchev–Trinajstić information content (AvgIpc) is 2.54. The summed E-state index contributed by atoms with van der Waals surface area (Å²) < 4.78 is 0. The Bertz CT molecular complexity index is 162. The summed E-state index contributed by atoms with van der Waals surface area (Å²) in [6.45, 7) is 3.03. The summed E-state index contributed by atoms with van der Waals surface area (Å²) >= 11 is 0. The molecule has 0 amide bonds. The fourth-order valence-electron chi connectivity index (χ4n) is 1.36. The molecule has 0 spiro atoms. The molecule has 13 heavy (non-hydrogen) atoms. The average molecular weight is 186 g/mol. The Labute approximate surface area is 79.1 Å². The van der Waals surface area contributed by atoms with Gasteiger partial charge in [0.1, 0.15) is 0 Å². The number of nitrogens with zero attached hydrogens (tertiary/aromatic N) is 2. The van der Waals surface area contributed by atoms with E-state index in [1.165, 1.54) is 0 Å². The van der Waals surface area contributed by atoms with Crippen LogP contribution in [0.2, 0.25) is 0 Å². The van der Waals surface area contributed by atoms with Crippen LogP contribution in [-0.2, 0) is 0 Å². The van der Waals surface area contributed by atoms with Crippen molar-refractivity contribution in [3.8, 4) is 0 Å². The molecule has 1 aliphatic heterocycles. The molecule has 1 heterocycles. The number of hydrogen-bond acceptors (Lipinski definition) is 4. The van der Waals surface area contributed by atoms with Gasteiger partial charge in [-0.2, -0.15) is 0 Å². The molecule has 0 bridgehead atoms. The van der Waals surface area contributed by atoms with Gasteiger partial charge in [-0.3, -0.25) is 0 Å². The summed E-state index contributed by atoms with van der Waals surface area (Å²) in [6.07, 6.45) is 5.92.